The summed E-state index contributed by atoms with van der Waals surface area (Å²) in [6.07, 6.45) is 3.24. The average molecular weight is 472 g/mol. The molecule has 2 heterocycles. The first-order valence-corrected chi connectivity index (χ1v) is 11.5. The molecule has 2 aromatic rings. The van der Waals surface area contributed by atoms with Gasteiger partial charge in [0, 0.05) is 56.6 Å². The summed E-state index contributed by atoms with van der Waals surface area (Å²) in [7, 11) is 0. The van der Waals surface area contributed by atoms with Gasteiger partial charge in [0.05, 0.1) is 4.92 Å². The van der Waals surface area contributed by atoms with Crippen LogP contribution in [0.2, 0.25) is 0 Å². The largest absolute Gasteiger partial charge is 0.368 e. The highest BCUT2D eigenvalue weighted by atomic mass is 32.1. The molecule has 0 aliphatic carbocycles. The van der Waals surface area contributed by atoms with Crippen molar-refractivity contribution in [2.24, 2.45) is 0 Å². The van der Waals surface area contributed by atoms with Crippen LogP contribution >= 0.6 is 12.2 Å². The molecule has 0 unspecified atom stereocenters. The topological polar surface area (TPSA) is 82.0 Å². The summed E-state index contributed by atoms with van der Waals surface area (Å²) in [4.78, 5) is 29.8. The average Bonchev–Trinajstić information content (AvgIpc) is 2.84. The van der Waals surface area contributed by atoms with Crippen LogP contribution in [0, 0.1) is 15.9 Å². The van der Waals surface area contributed by atoms with E-state index in [2.05, 4.69) is 15.1 Å². The lowest BCUT2D eigenvalue weighted by molar-refractivity contribution is -0.384. The zero-order valence-corrected chi connectivity index (χ0v) is 19.0. The fraction of sp³-hybridized carbons (Fsp3) is 0.391. The Labute approximate surface area is 197 Å². The van der Waals surface area contributed by atoms with Crippen LogP contribution in [0.3, 0.4) is 0 Å². The molecule has 0 saturated carbocycles. The predicted octanol–water partition coefficient (Wildman–Crippen LogP) is 3.56. The Kier molecular flexibility index (Phi) is 7.02. The van der Waals surface area contributed by atoms with Gasteiger partial charge in [-0.25, -0.2) is 4.39 Å². The number of hydrogen-bond acceptors (Lipinski definition) is 6. The molecule has 33 heavy (non-hydrogen) atoms. The van der Waals surface area contributed by atoms with E-state index in [1.807, 2.05) is 11.0 Å². The molecule has 0 atom stereocenters. The number of piperidine rings is 1. The molecular weight excluding hydrogens is 445 g/mol. The SMILES string of the molecule is O=C(NC(=S)N1CCN(c2ccc([N+](=O)[O-])c(N3CCCCC3)c2)CC1)c1ccc(F)cc1. The lowest BCUT2D eigenvalue weighted by Gasteiger charge is -2.37. The molecule has 2 aromatic carbocycles. The molecule has 0 bridgehead atoms. The summed E-state index contributed by atoms with van der Waals surface area (Å²) in [5.74, 6) is -0.774. The van der Waals surface area contributed by atoms with Crippen molar-refractivity contribution < 1.29 is 14.1 Å². The molecule has 174 valence electrons. The number of amides is 1. The van der Waals surface area contributed by atoms with Crippen molar-refractivity contribution >= 4 is 40.3 Å². The highest BCUT2D eigenvalue weighted by molar-refractivity contribution is 7.80. The summed E-state index contributed by atoms with van der Waals surface area (Å²) in [5, 5.41) is 14.6. The minimum absolute atomic E-state index is 0.143. The smallest absolute Gasteiger partial charge is 0.292 e. The van der Waals surface area contributed by atoms with Gasteiger partial charge in [-0.15, -0.1) is 0 Å². The fourth-order valence-corrected chi connectivity index (χ4v) is 4.54. The first kappa shape index (κ1) is 22.9. The lowest BCUT2D eigenvalue weighted by atomic mass is 10.1. The summed E-state index contributed by atoms with van der Waals surface area (Å²) in [6.45, 7) is 4.23. The van der Waals surface area contributed by atoms with E-state index >= 15 is 0 Å². The van der Waals surface area contributed by atoms with Crippen molar-refractivity contribution in [3.05, 3.63) is 64.0 Å². The third kappa shape index (κ3) is 5.39. The molecule has 0 aromatic heterocycles. The van der Waals surface area contributed by atoms with Gasteiger partial charge in [0.1, 0.15) is 11.5 Å². The number of benzene rings is 2. The van der Waals surface area contributed by atoms with Gasteiger partial charge in [-0.2, -0.15) is 0 Å². The van der Waals surface area contributed by atoms with Crippen LogP contribution in [0.5, 0.6) is 0 Å². The molecule has 0 radical (unpaired) electrons. The van der Waals surface area contributed by atoms with Crippen LogP contribution in [0.25, 0.3) is 0 Å². The molecule has 1 amide bonds. The predicted molar refractivity (Wildman–Crippen MR) is 129 cm³/mol. The molecule has 10 heteroatoms. The number of nitrogens with one attached hydrogen (secondary N) is 1. The minimum Gasteiger partial charge on any atom is -0.368 e. The van der Waals surface area contributed by atoms with Gasteiger partial charge < -0.3 is 14.7 Å². The minimum atomic E-state index is -0.403. The Balaban J connectivity index is 1.39. The van der Waals surface area contributed by atoms with Crippen LogP contribution in [-0.2, 0) is 0 Å². The third-order valence-corrected chi connectivity index (χ3v) is 6.47. The summed E-state index contributed by atoms with van der Waals surface area (Å²) in [6, 6.07) is 10.6. The zero-order valence-electron chi connectivity index (χ0n) is 18.2. The van der Waals surface area contributed by atoms with E-state index in [1.165, 1.54) is 24.3 Å². The molecule has 2 saturated heterocycles. The van der Waals surface area contributed by atoms with Gasteiger partial charge in [0.15, 0.2) is 5.11 Å². The van der Waals surface area contributed by atoms with E-state index in [-0.39, 0.29) is 16.5 Å². The number of rotatable bonds is 4. The maximum absolute atomic E-state index is 13.1. The number of carbonyl (C=O) groups excluding carboxylic acids is 1. The van der Waals surface area contributed by atoms with Gasteiger partial charge in [-0.1, -0.05) is 0 Å². The molecule has 8 nitrogen and oxygen atoms in total. The number of nitro benzene ring substituents is 1. The number of nitro groups is 1. The van der Waals surface area contributed by atoms with Crippen molar-refractivity contribution in [1.29, 1.82) is 0 Å². The van der Waals surface area contributed by atoms with Crippen LogP contribution in [0.1, 0.15) is 29.6 Å². The van der Waals surface area contributed by atoms with E-state index in [0.29, 0.717) is 42.5 Å². The Morgan fingerprint density at radius 3 is 2.24 bits per heavy atom. The molecule has 0 spiro atoms. The fourth-order valence-electron chi connectivity index (χ4n) is 4.27. The van der Waals surface area contributed by atoms with Crippen LogP contribution in [-0.4, -0.2) is 60.1 Å². The normalized spacial score (nSPS) is 16.5. The van der Waals surface area contributed by atoms with Crippen molar-refractivity contribution in [1.82, 2.24) is 10.2 Å². The highest BCUT2D eigenvalue weighted by Crippen LogP contribution is 2.34. The third-order valence-electron chi connectivity index (χ3n) is 6.11. The number of nitrogens with zero attached hydrogens (tertiary/aromatic N) is 4. The van der Waals surface area contributed by atoms with E-state index in [0.717, 1.165) is 38.0 Å². The van der Waals surface area contributed by atoms with Gasteiger partial charge in [0.25, 0.3) is 11.6 Å². The standard InChI is InChI=1S/C23H26FN5O3S/c24-18-6-4-17(5-7-18)22(30)25-23(33)28-14-12-26(13-15-28)19-8-9-20(29(31)32)21(16-19)27-10-2-1-3-11-27/h4-9,16H,1-3,10-15H2,(H,25,30,33). The van der Waals surface area contributed by atoms with Crippen LogP contribution in [0.4, 0.5) is 21.5 Å². The quantitative estimate of drug-likeness (QED) is 0.415. The van der Waals surface area contributed by atoms with Crippen molar-refractivity contribution in [2.75, 3.05) is 49.1 Å². The number of hydrogen-bond donors (Lipinski definition) is 1. The summed E-state index contributed by atoms with van der Waals surface area (Å²) in [5.41, 5.74) is 2.11. The maximum atomic E-state index is 13.1. The number of carbonyl (C=O) groups is 1. The second-order valence-corrected chi connectivity index (χ2v) is 8.60. The Bertz CT molecular complexity index is 1030. The monoisotopic (exact) mass is 471 g/mol. The molecule has 1 N–H and O–H groups in total. The van der Waals surface area contributed by atoms with Gasteiger partial charge in [-0.3, -0.25) is 20.2 Å². The van der Waals surface area contributed by atoms with E-state index < -0.39 is 5.82 Å². The van der Waals surface area contributed by atoms with Crippen LogP contribution in [0.15, 0.2) is 42.5 Å². The van der Waals surface area contributed by atoms with Gasteiger partial charge in [-0.05, 0) is 67.9 Å². The highest BCUT2D eigenvalue weighted by Gasteiger charge is 2.25. The number of piperazine rings is 1. The number of halogens is 1. The van der Waals surface area contributed by atoms with E-state index in [1.54, 1.807) is 12.1 Å². The Morgan fingerprint density at radius 2 is 1.61 bits per heavy atom. The Morgan fingerprint density at radius 1 is 0.939 bits per heavy atom. The Hall–Kier alpha value is -3.27. The molecule has 4 rings (SSSR count). The van der Waals surface area contributed by atoms with Gasteiger partial charge in [0.2, 0.25) is 0 Å². The number of thiocarbonyl (C=S) groups is 1. The number of anilines is 2. The molecule has 2 aliphatic rings. The molecule has 2 aliphatic heterocycles. The first-order chi connectivity index (χ1) is 15.9. The maximum Gasteiger partial charge on any atom is 0.292 e. The first-order valence-electron chi connectivity index (χ1n) is 11.1. The zero-order chi connectivity index (χ0) is 23.4. The second-order valence-electron chi connectivity index (χ2n) is 8.22. The van der Waals surface area contributed by atoms with E-state index in [4.69, 9.17) is 12.2 Å². The lowest BCUT2D eigenvalue weighted by Crippen LogP contribution is -2.52. The molecular formula is C23H26FN5O3S. The van der Waals surface area contributed by atoms with Crippen molar-refractivity contribution in [3.8, 4) is 0 Å². The van der Waals surface area contributed by atoms with E-state index in [9.17, 15) is 19.3 Å². The van der Waals surface area contributed by atoms with Crippen molar-refractivity contribution in [3.63, 3.8) is 0 Å². The summed E-state index contributed by atoms with van der Waals surface area (Å²) >= 11 is 5.40. The molecule has 2 fully saturated rings. The van der Waals surface area contributed by atoms with Crippen molar-refractivity contribution in [2.45, 2.75) is 19.3 Å². The van der Waals surface area contributed by atoms with Gasteiger partial charge >= 0.3 is 0 Å². The second kappa shape index (κ2) is 10.1. The summed E-state index contributed by atoms with van der Waals surface area (Å²) < 4.78 is 13.1. The van der Waals surface area contributed by atoms with Crippen LogP contribution < -0.4 is 15.1 Å².